The van der Waals surface area contributed by atoms with Gasteiger partial charge in [0.15, 0.2) is 4.34 Å². The quantitative estimate of drug-likeness (QED) is 0.611. The van der Waals surface area contributed by atoms with Gasteiger partial charge in [0, 0.05) is 30.6 Å². The zero-order chi connectivity index (χ0) is 16.1. The normalized spacial score (nSPS) is 17.8. The largest absolute Gasteiger partial charge is 0.370 e. The number of nitrogens with one attached hydrogen (secondary N) is 1. The minimum Gasteiger partial charge on any atom is -0.370 e. The summed E-state index contributed by atoms with van der Waals surface area (Å²) in [6.45, 7) is 5.03. The van der Waals surface area contributed by atoms with Gasteiger partial charge in [-0.25, -0.2) is 4.39 Å². The molecule has 23 heavy (non-hydrogen) atoms. The third kappa shape index (κ3) is 4.89. The van der Waals surface area contributed by atoms with E-state index in [1.807, 2.05) is 19.1 Å². The molecule has 1 aliphatic rings. The van der Waals surface area contributed by atoms with Gasteiger partial charge in [-0.3, -0.25) is 0 Å². The lowest BCUT2D eigenvalue weighted by molar-refractivity contribution is 0.550. The molecule has 1 fully saturated rings. The molecule has 1 aliphatic heterocycles. The number of aromatic nitrogens is 2. The molecule has 1 atom stereocenters. The number of nitrogens with zero attached hydrogens (tertiary/aromatic N) is 3. The maximum Gasteiger partial charge on any atom is 0.174 e. The lowest BCUT2D eigenvalue weighted by Gasteiger charge is -2.19. The van der Waals surface area contributed by atoms with Crippen LogP contribution in [0.3, 0.4) is 0 Å². The molecule has 124 valence electrons. The van der Waals surface area contributed by atoms with Gasteiger partial charge in [0.1, 0.15) is 10.8 Å². The number of benzene rings is 1. The number of hydrogen-bond donors (Lipinski definition) is 1. The molecule has 0 saturated carbocycles. The monoisotopic (exact) mass is 352 g/mol. The van der Waals surface area contributed by atoms with Crippen molar-refractivity contribution in [3.05, 3.63) is 35.1 Å². The summed E-state index contributed by atoms with van der Waals surface area (Å²) in [4.78, 5) is 2.32. The van der Waals surface area contributed by atoms with E-state index >= 15 is 0 Å². The second-order valence-electron chi connectivity index (χ2n) is 5.65. The molecule has 4 nitrogen and oxygen atoms in total. The minimum absolute atomic E-state index is 0.175. The standard InChI is InChI=1S/C16H21FN4S2/c1-12-19-20-16(23-12)22-10-2-8-18-14-7-9-21(11-14)15-5-3-13(17)4-6-15/h3-6,14,18H,2,7-11H2,1H3. The van der Waals surface area contributed by atoms with Crippen LogP contribution >= 0.6 is 23.1 Å². The molecule has 1 N–H and O–H groups in total. The van der Waals surface area contributed by atoms with Crippen LogP contribution in [0.2, 0.25) is 0 Å². The van der Waals surface area contributed by atoms with E-state index in [1.165, 1.54) is 12.1 Å². The van der Waals surface area contributed by atoms with Crippen LogP contribution in [-0.2, 0) is 0 Å². The highest BCUT2D eigenvalue weighted by atomic mass is 32.2. The Kier molecular flexibility index (Phi) is 5.85. The summed E-state index contributed by atoms with van der Waals surface area (Å²) >= 11 is 3.44. The Morgan fingerprint density at radius 2 is 2.17 bits per heavy atom. The molecule has 1 saturated heterocycles. The second-order valence-corrected chi connectivity index (χ2v) is 8.17. The Bertz CT molecular complexity index is 617. The fourth-order valence-corrected chi connectivity index (χ4v) is 4.51. The number of anilines is 1. The van der Waals surface area contributed by atoms with Crippen LogP contribution in [0.5, 0.6) is 0 Å². The van der Waals surface area contributed by atoms with E-state index in [0.29, 0.717) is 6.04 Å². The highest BCUT2D eigenvalue weighted by Gasteiger charge is 2.21. The van der Waals surface area contributed by atoms with Gasteiger partial charge in [0.25, 0.3) is 0 Å². The molecule has 2 aromatic rings. The van der Waals surface area contributed by atoms with Crippen LogP contribution in [0, 0.1) is 12.7 Å². The molecule has 0 bridgehead atoms. The first-order chi connectivity index (χ1) is 11.2. The summed E-state index contributed by atoms with van der Waals surface area (Å²) in [5.74, 6) is 0.890. The maximum atomic E-state index is 13.0. The van der Waals surface area contributed by atoms with Gasteiger partial charge in [0.05, 0.1) is 0 Å². The molecule has 1 unspecified atom stereocenters. The van der Waals surface area contributed by atoms with Gasteiger partial charge >= 0.3 is 0 Å². The van der Waals surface area contributed by atoms with Crippen molar-refractivity contribution in [3.63, 3.8) is 0 Å². The minimum atomic E-state index is -0.175. The first-order valence-corrected chi connectivity index (χ1v) is 9.68. The average Bonchev–Trinajstić information content (AvgIpc) is 3.17. The maximum absolute atomic E-state index is 13.0. The van der Waals surface area contributed by atoms with E-state index in [0.717, 1.165) is 53.3 Å². The third-order valence-electron chi connectivity index (χ3n) is 3.87. The number of aryl methyl sites for hydroxylation is 1. The van der Waals surface area contributed by atoms with Crippen molar-refractivity contribution >= 4 is 28.8 Å². The molecule has 0 spiro atoms. The number of halogens is 1. The van der Waals surface area contributed by atoms with Crippen LogP contribution in [0.1, 0.15) is 17.8 Å². The Morgan fingerprint density at radius 3 is 2.91 bits per heavy atom. The van der Waals surface area contributed by atoms with Crippen molar-refractivity contribution in [3.8, 4) is 0 Å². The van der Waals surface area contributed by atoms with Gasteiger partial charge in [-0.15, -0.1) is 10.2 Å². The smallest absolute Gasteiger partial charge is 0.174 e. The average molecular weight is 353 g/mol. The summed E-state index contributed by atoms with van der Waals surface area (Å²) in [7, 11) is 0. The van der Waals surface area contributed by atoms with Crippen molar-refractivity contribution in [1.29, 1.82) is 0 Å². The van der Waals surface area contributed by atoms with Gasteiger partial charge < -0.3 is 10.2 Å². The molecule has 1 aromatic carbocycles. The highest BCUT2D eigenvalue weighted by Crippen LogP contribution is 2.23. The molecule has 3 rings (SSSR count). The van der Waals surface area contributed by atoms with Crippen molar-refractivity contribution < 1.29 is 4.39 Å². The lowest BCUT2D eigenvalue weighted by atomic mass is 10.2. The van der Waals surface area contributed by atoms with Crippen molar-refractivity contribution in [1.82, 2.24) is 15.5 Å². The topological polar surface area (TPSA) is 41.1 Å². The molecule has 2 heterocycles. The highest BCUT2D eigenvalue weighted by molar-refractivity contribution is 8.01. The van der Waals surface area contributed by atoms with E-state index in [-0.39, 0.29) is 5.82 Å². The SMILES string of the molecule is Cc1nnc(SCCCNC2CCN(c3ccc(F)cc3)C2)s1. The summed E-state index contributed by atoms with van der Waals surface area (Å²) in [5, 5.41) is 12.8. The van der Waals surface area contributed by atoms with E-state index < -0.39 is 0 Å². The van der Waals surface area contributed by atoms with Crippen LogP contribution in [0.15, 0.2) is 28.6 Å². The number of rotatable bonds is 7. The van der Waals surface area contributed by atoms with E-state index in [4.69, 9.17) is 0 Å². The van der Waals surface area contributed by atoms with Crippen LogP contribution in [0.4, 0.5) is 10.1 Å². The van der Waals surface area contributed by atoms with Crippen LogP contribution in [0.25, 0.3) is 0 Å². The summed E-state index contributed by atoms with van der Waals surface area (Å²) < 4.78 is 14.0. The van der Waals surface area contributed by atoms with E-state index in [1.54, 1.807) is 23.1 Å². The first-order valence-electron chi connectivity index (χ1n) is 7.87. The summed E-state index contributed by atoms with van der Waals surface area (Å²) in [5.41, 5.74) is 1.11. The Morgan fingerprint density at radius 1 is 1.35 bits per heavy atom. The predicted octanol–water partition coefficient (Wildman–Crippen LogP) is 3.34. The van der Waals surface area contributed by atoms with Crippen molar-refractivity contribution in [2.45, 2.75) is 30.1 Å². The lowest BCUT2D eigenvalue weighted by Crippen LogP contribution is -2.33. The summed E-state index contributed by atoms with van der Waals surface area (Å²) in [6.07, 6.45) is 2.26. The zero-order valence-electron chi connectivity index (χ0n) is 13.2. The molecular weight excluding hydrogens is 331 g/mol. The Hall–Kier alpha value is -1.18. The first kappa shape index (κ1) is 16.7. The third-order valence-corrected chi connectivity index (χ3v) is 5.93. The Labute approximate surface area is 144 Å². The van der Waals surface area contributed by atoms with E-state index in [2.05, 4.69) is 20.4 Å². The molecule has 1 aromatic heterocycles. The molecule has 0 radical (unpaired) electrons. The molecule has 7 heteroatoms. The number of thioether (sulfide) groups is 1. The predicted molar refractivity (Wildman–Crippen MR) is 95.0 cm³/mol. The van der Waals surface area contributed by atoms with E-state index in [9.17, 15) is 4.39 Å². The Balaban J connectivity index is 1.33. The van der Waals surface area contributed by atoms with Crippen LogP contribution < -0.4 is 10.2 Å². The van der Waals surface area contributed by atoms with Gasteiger partial charge in [0.2, 0.25) is 0 Å². The van der Waals surface area contributed by atoms with Crippen molar-refractivity contribution in [2.24, 2.45) is 0 Å². The zero-order valence-corrected chi connectivity index (χ0v) is 14.8. The van der Waals surface area contributed by atoms with Crippen molar-refractivity contribution in [2.75, 3.05) is 30.3 Å². The molecule has 0 aliphatic carbocycles. The number of hydrogen-bond acceptors (Lipinski definition) is 6. The second kappa shape index (κ2) is 8.08. The fraction of sp³-hybridized carbons (Fsp3) is 0.500. The molecular formula is C16H21FN4S2. The van der Waals surface area contributed by atoms with Gasteiger partial charge in [-0.2, -0.15) is 0 Å². The van der Waals surface area contributed by atoms with Gasteiger partial charge in [-0.05, 0) is 50.6 Å². The van der Waals surface area contributed by atoms with Crippen LogP contribution in [-0.4, -0.2) is 41.6 Å². The van der Waals surface area contributed by atoms with Gasteiger partial charge in [-0.1, -0.05) is 23.1 Å². The fourth-order valence-electron chi connectivity index (χ4n) is 2.69. The summed E-state index contributed by atoms with van der Waals surface area (Å²) in [6, 6.07) is 7.30. The molecule has 0 amide bonds.